The monoisotopic (exact) mass is 359 g/mol. The van der Waals surface area contributed by atoms with Gasteiger partial charge in [-0.2, -0.15) is 0 Å². The molecule has 0 saturated carbocycles. The van der Waals surface area contributed by atoms with Crippen molar-refractivity contribution in [2.24, 2.45) is 0 Å². The Morgan fingerprint density at radius 1 is 1.15 bits per heavy atom. The molecule has 3 heterocycles. The lowest BCUT2D eigenvalue weighted by atomic mass is 10.0. The molecule has 0 aliphatic carbocycles. The number of anilines is 1. The van der Waals surface area contributed by atoms with Gasteiger partial charge < -0.3 is 4.90 Å². The summed E-state index contributed by atoms with van der Waals surface area (Å²) in [7, 11) is 0. The zero-order valence-corrected chi connectivity index (χ0v) is 15.1. The highest BCUT2D eigenvalue weighted by atomic mass is 16.1. The number of rotatable bonds is 5. The van der Waals surface area contributed by atoms with Gasteiger partial charge in [0, 0.05) is 24.2 Å². The van der Waals surface area contributed by atoms with Crippen LogP contribution in [0.5, 0.6) is 0 Å². The molecule has 136 valence electrons. The van der Waals surface area contributed by atoms with Gasteiger partial charge in [0.25, 0.3) is 0 Å². The lowest BCUT2D eigenvalue weighted by Crippen LogP contribution is -2.30. The standard InChI is InChI=1S/C21H21N5O/c1-3-8-15(4-2)19(27)16-9-10-17-18(13-16)26-14-22-24-21(26)20(23-17)25-11-6-5-7-12-25/h3-4,8-10,13-14H,1-2,5-7,11-12H2/b15-8+. The lowest BCUT2D eigenvalue weighted by Gasteiger charge is -2.28. The third-order valence-electron chi connectivity index (χ3n) is 4.91. The third kappa shape index (κ3) is 3.03. The quantitative estimate of drug-likeness (QED) is 0.394. The van der Waals surface area contributed by atoms with Crippen molar-refractivity contribution in [1.29, 1.82) is 0 Å². The van der Waals surface area contributed by atoms with Gasteiger partial charge in [-0.1, -0.05) is 31.4 Å². The minimum absolute atomic E-state index is 0.104. The van der Waals surface area contributed by atoms with Crippen LogP contribution in [0.3, 0.4) is 0 Å². The number of benzene rings is 1. The Labute approximate surface area is 157 Å². The summed E-state index contributed by atoms with van der Waals surface area (Å²) in [6.07, 6.45) is 10.0. The average Bonchev–Trinajstić information content (AvgIpc) is 3.21. The molecule has 0 amide bonds. The zero-order valence-electron chi connectivity index (χ0n) is 15.1. The number of allylic oxidation sites excluding steroid dienone is 4. The maximum Gasteiger partial charge on any atom is 0.204 e. The number of nitrogens with zero attached hydrogens (tertiary/aromatic N) is 5. The van der Waals surface area contributed by atoms with Crippen LogP contribution in [0.4, 0.5) is 5.82 Å². The minimum atomic E-state index is -0.104. The van der Waals surface area contributed by atoms with E-state index in [0.29, 0.717) is 11.1 Å². The van der Waals surface area contributed by atoms with E-state index in [9.17, 15) is 4.79 Å². The van der Waals surface area contributed by atoms with Crippen LogP contribution in [0.25, 0.3) is 16.7 Å². The van der Waals surface area contributed by atoms with Crippen LogP contribution < -0.4 is 4.90 Å². The largest absolute Gasteiger partial charge is 0.353 e. The van der Waals surface area contributed by atoms with Crippen molar-refractivity contribution in [3.05, 3.63) is 67.0 Å². The van der Waals surface area contributed by atoms with Crippen molar-refractivity contribution in [3.8, 4) is 0 Å². The number of carbonyl (C=O) groups excluding carboxylic acids is 1. The predicted octanol–water partition coefficient (Wildman–Crippen LogP) is 3.75. The van der Waals surface area contributed by atoms with Crippen LogP contribution in [0.1, 0.15) is 29.6 Å². The summed E-state index contributed by atoms with van der Waals surface area (Å²) < 4.78 is 1.91. The van der Waals surface area contributed by atoms with Gasteiger partial charge in [0.2, 0.25) is 5.65 Å². The second kappa shape index (κ2) is 7.15. The normalized spacial score (nSPS) is 15.3. The molecule has 0 radical (unpaired) electrons. The van der Waals surface area contributed by atoms with Crippen LogP contribution in [0.15, 0.2) is 61.5 Å². The molecule has 0 bridgehead atoms. The van der Waals surface area contributed by atoms with E-state index in [1.54, 1.807) is 30.6 Å². The van der Waals surface area contributed by atoms with Crippen LogP contribution in [0.2, 0.25) is 0 Å². The van der Waals surface area contributed by atoms with E-state index in [4.69, 9.17) is 4.98 Å². The average molecular weight is 359 g/mol. The number of aromatic nitrogens is 4. The van der Waals surface area contributed by atoms with Crippen molar-refractivity contribution in [1.82, 2.24) is 19.6 Å². The molecule has 1 aliphatic heterocycles. The molecule has 6 nitrogen and oxygen atoms in total. The van der Waals surface area contributed by atoms with Gasteiger partial charge in [0.15, 0.2) is 11.6 Å². The van der Waals surface area contributed by atoms with E-state index >= 15 is 0 Å². The van der Waals surface area contributed by atoms with E-state index in [-0.39, 0.29) is 5.78 Å². The first-order valence-corrected chi connectivity index (χ1v) is 9.11. The fraction of sp³-hybridized carbons (Fsp3) is 0.238. The van der Waals surface area contributed by atoms with Crippen molar-refractivity contribution >= 4 is 28.3 Å². The Kier molecular flexibility index (Phi) is 4.54. The van der Waals surface area contributed by atoms with Crippen molar-refractivity contribution in [2.45, 2.75) is 19.3 Å². The van der Waals surface area contributed by atoms with Gasteiger partial charge in [-0.3, -0.25) is 9.20 Å². The molecule has 4 rings (SSSR count). The number of carbonyl (C=O) groups is 1. The molecular weight excluding hydrogens is 338 g/mol. The molecule has 3 aromatic rings. The Bertz CT molecular complexity index is 1070. The van der Waals surface area contributed by atoms with Crippen molar-refractivity contribution in [3.63, 3.8) is 0 Å². The van der Waals surface area contributed by atoms with Crippen LogP contribution >= 0.6 is 0 Å². The van der Waals surface area contributed by atoms with Gasteiger partial charge >= 0.3 is 0 Å². The van der Waals surface area contributed by atoms with Crippen molar-refractivity contribution < 1.29 is 4.79 Å². The highest BCUT2D eigenvalue weighted by molar-refractivity contribution is 6.12. The topological polar surface area (TPSA) is 63.4 Å². The predicted molar refractivity (Wildman–Crippen MR) is 107 cm³/mol. The van der Waals surface area contributed by atoms with E-state index < -0.39 is 0 Å². The SMILES string of the molecule is C=C/C=C(\C=C)C(=O)c1ccc2nc(N3CCCCC3)c3nncn3c2c1. The Balaban J connectivity index is 1.85. The summed E-state index contributed by atoms with van der Waals surface area (Å²) in [5.74, 6) is 0.755. The minimum Gasteiger partial charge on any atom is -0.353 e. The molecule has 1 saturated heterocycles. The number of hydrogen-bond acceptors (Lipinski definition) is 5. The second-order valence-electron chi connectivity index (χ2n) is 6.60. The smallest absolute Gasteiger partial charge is 0.204 e. The van der Waals surface area contributed by atoms with E-state index in [1.807, 2.05) is 16.5 Å². The maximum atomic E-state index is 12.7. The van der Waals surface area contributed by atoms with E-state index in [0.717, 1.165) is 48.4 Å². The molecule has 0 N–H and O–H groups in total. The van der Waals surface area contributed by atoms with E-state index in [2.05, 4.69) is 28.3 Å². The summed E-state index contributed by atoms with van der Waals surface area (Å²) in [5.41, 5.74) is 3.41. The molecule has 1 aliphatic rings. The van der Waals surface area contributed by atoms with Crippen molar-refractivity contribution in [2.75, 3.05) is 18.0 Å². The number of fused-ring (bicyclic) bond motifs is 3. The number of ketones is 1. The summed E-state index contributed by atoms with van der Waals surface area (Å²) in [4.78, 5) is 19.9. The van der Waals surface area contributed by atoms with Gasteiger partial charge in [0.1, 0.15) is 6.33 Å². The number of Topliss-reactive ketones (excluding diaryl/α,β-unsaturated/α-hetero) is 1. The van der Waals surface area contributed by atoms with Gasteiger partial charge in [-0.15, -0.1) is 10.2 Å². The summed E-state index contributed by atoms with van der Waals surface area (Å²) in [5, 5.41) is 8.36. The third-order valence-corrected chi connectivity index (χ3v) is 4.91. The Morgan fingerprint density at radius 2 is 1.96 bits per heavy atom. The summed E-state index contributed by atoms with van der Waals surface area (Å²) in [6.45, 7) is 9.32. The first-order valence-electron chi connectivity index (χ1n) is 9.11. The molecular formula is C21H21N5O. The second-order valence-corrected chi connectivity index (χ2v) is 6.60. The highest BCUT2D eigenvalue weighted by Crippen LogP contribution is 2.26. The summed E-state index contributed by atoms with van der Waals surface area (Å²) in [6, 6.07) is 5.51. The zero-order chi connectivity index (χ0) is 18.8. The molecule has 1 fully saturated rings. The Morgan fingerprint density at radius 3 is 2.70 bits per heavy atom. The molecule has 0 atom stereocenters. The van der Waals surface area contributed by atoms with Gasteiger partial charge in [-0.05, 0) is 37.5 Å². The number of piperidine rings is 1. The first-order chi connectivity index (χ1) is 13.2. The van der Waals surface area contributed by atoms with Crippen LogP contribution in [0, 0.1) is 0 Å². The van der Waals surface area contributed by atoms with Gasteiger partial charge in [-0.25, -0.2) is 4.98 Å². The lowest BCUT2D eigenvalue weighted by molar-refractivity contribution is 0.103. The fourth-order valence-corrected chi connectivity index (χ4v) is 3.53. The molecule has 1 aromatic carbocycles. The van der Waals surface area contributed by atoms with Gasteiger partial charge in [0.05, 0.1) is 11.0 Å². The molecule has 27 heavy (non-hydrogen) atoms. The van der Waals surface area contributed by atoms with Crippen LogP contribution in [-0.4, -0.2) is 38.5 Å². The molecule has 6 heteroatoms. The molecule has 0 spiro atoms. The molecule has 0 unspecified atom stereocenters. The first kappa shape index (κ1) is 17.1. The fourth-order valence-electron chi connectivity index (χ4n) is 3.53. The molecule has 2 aromatic heterocycles. The number of hydrogen-bond donors (Lipinski definition) is 0. The van der Waals surface area contributed by atoms with E-state index in [1.165, 1.54) is 6.42 Å². The highest BCUT2D eigenvalue weighted by Gasteiger charge is 2.19. The van der Waals surface area contributed by atoms with Crippen LogP contribution in [-0.2, 0) is 0 Å². The maximum absolute atomic E-state index is 12.7. The Hall–Kier alpha value is -3.28. The summed E-state index contributed by atoms with van der Waals surface area (Å²) >= 11 is 0.